The first kappa shape index (κ1) is 9.90. The minimum absolute atomic E-state index is 0.105. The Bertz CT molecular complexity index is 243. The number of carbonyl (C=O) groups excluding carboxylic acids is 1. The molecule has 0 aromatic rings. The molecule has 5 N–H and O–H groups in total. The Morgan fingerprint density at radius 1 is 1.69 bits per heavy atom. The number of rotatable bonds is 2. The van der Waals surface area contributed by atoms with E-state index in [2.05, 4.69) is 0 Å². The maximum Gasteiger partial charge on any atom is 0.321 e. The summed E-state index contributed by atoms with van der Waals surface area (Å²) in [6, 6.07) is -1.39. The molecule has 3 unspecified atom stereocenters. The Labute approximate surface area is 73.3 Å². The molecule has 1 heterocycles. The normalized spacial score (nSPS) is 30.7. The summed E-state index contributed by atoms with van der Waals surface area (Å²) >= 11 is 0. The lowest BCUT2D eigenvalue weighted by molar-refractivity contribution is -0.191. The van der Waals surface area contributed by atoms with E-state index in [0.29, 0.717) is 0 Å². The zero-order valence-electron chi connectivity index (χ0n) is 6.62. The maximum absolute atomic E-state index is 11.0. The highest BCUT2D eigenvalue weighted by Gasteiger charge is 2.43. The molecule has 13 heavy (non-hydrogen) atoms. The van der Waals surface area contributed by atoms with E-state index >= 15 is 0 Å². The van der Waals surface area contributed by atoms with E-state index in [1.165, 1.54) is 0 Å². The van der Waals surface area contributed by atoms with Crippen molar-refractivity contribution in [1.29, 1.82) is 0 Å². The Balaban J connectivity index is 2.74. The van der Waals surface area contributed by atoms with Gasteiger partial charge in [-0.25, -0.2) is 0 Å². The van der Waals surface area contributed by atoms with Crippen LogP contribution in [0.15, 0.2) is 0 Å². The van der Waals surface area contributed by atoms with E-state index in [1.807, 2.05) is 0 Å². The molecule has 0 saturated carbocycles. The molecule has 7 heteroatoms. The van der Waals surface area contributed by atoms with Crippen molar-refractivity contribution >= 4 is 11.9 Å². The summed E-state index contributed by atoms with van der Waals surface area (Å²) in [5, 5.41) is 26.4. The fourth-order valence-electron chi connectivity index (χ4n) is 1.22. The van der Waals surface area contributed by atoms with Crippen LogP contribution in [0.2, 0.25) is 0 Å². The quantitative estimate of drug-likeness (QED) is 0.372. The molecule has 1 fully saturated rings. The first-order chi connectivity index (χ1) is 5.95. The van der Waals surface area contributed by atoms with Crippen molar-refractivity contribution in [2.24, 2.45) is 11.7 Å². The van der Waals surface area contributed by atoms with Crippen molar-refractivity contribution in [1.82, 2.24) is 5.06 Å². The van der Waals surface area contributed by atoms with Gasteiger partial charge in [0.1, 0.15) is 6.04 Å². The van der Waals surface area contributed by atoms with Gasteiger partial charge in [0.25, 0.3) is 5.91 Å². The number of hydrogen-bond acceptors (Lipinski definition) is 5. The number of carbonyl (C=O) groups is 2. The van der Waals surface area contributed by atoms with Crippen molar-refractivity contribution in [2.75, 3.05) is 0 Å². The zero-order valence-corrected chi connectivity index (χ0v) is 6.62. The number of aliphatic carboxylic acids is 1. The smallest absolute Gasteiger partial charge is 0.321 e. The number of aliphatic hydroxyl groups excluding tert-OH is 1. The molecule has 0 spiro atoms. The minimum Gasteiger partial charge on any atom is -0.480 e. The first-order valence-corrected chi connectivity index (χ1v) is 3.63. The van der Waals surface area contributed by atoms with Gasteiger partial charge in [-0.2, -0.15) is 5.06 Å². The van der Waals surface area contributed by atoms with Gasteiger partial charge in [0.15, 0.2) is 6.23 Å². The van der Waals surface area contributed by atoms with Crippen LogP contribution >= 0.6 is 0 Å². The molecule has 0 aliphatic carbocycles. The Morgan fingerprint density at radius 3 is 2.54 bits per heavy atom. The van der Waals surface area contributed by atoms with Crippen LogP contribution in [0, 0.1) is 5.92 Å². The SMILES string of the molecule is NC(C(=O)O)C1CC(O)N(O)C1=O. The van der Waals surface area contributed by atoms with E-state index in [9.17, 15) is 9.59 Å². The van der Waals surface area contributed by atoms with Gasteiger partial charge < -0.3 is 15.9 Å². The van der Waals surface area contributed by atoms with Crippen molar-refractivity contribution in [3.05, 3.63) is 0 Å². The van der Waals surface area contributed by atoms with Crippen molar-refractivity contribution < 1.29 is 25.0 Å². The Kier molecular flexibility index (Phi) is 2.50. The lowest BCUT2D eigenvalue weighted by Crippen LogP contribution is -2.42. The van der Waals surface area contributed by atoms with E-state index in [1.54, 1.807) is 0 Å². The highest BCUT2D eigenvalue weighted by molar-refractivity contribution is 5.87. The average Bonchev–Trinajstić information content (AvgIpc) is 2.31. The monoisotopic (exact) mass is 190 g/mol. The molecular formula is C6H10N2O5. The van der Waals surface area contributed by atoms with Gasteiger partial charge in [0.2, 0.25) is 0 Å². The molecule has 3 atom stereocenters. The Hall–Kier alpha value is -1.18. The van der Waals surface area contributed by atoms with Gasteiger partial charge in [0.05, 0.1) is 5.92 Å². The summed E-state index contributed by atoms with van der Waals surface area (Å²) in [5.41, 5.74) is 5.17. The second kappa shape index (κ2) is 3.29. The summed E-state index contributed by atoms with van der Waals surface area (Å²) in [6.45, 7) is 0. The molecule has 1 aliphatic heterocycles. The average molecular weight is 190 g/mol. The molecule has 1 rings (SSSR count). The molecule has 1 amide bonds. The van der Waals surface area contributed by atoms with Crippen molar-refractivity contribution in [2.45, 2.75) is 18.7 Å². The van der Waals surface area contributed by atoms with Crippen LogP contribution in [0.5, 0.6) is 0 Å². The molecule has 0 aromatic carbocycles. The van der Waals surface area contributed by atoms with Crippen LogP contribution in [0.3, 0.4) is 0 Å². The maximum atomic E-state index is 11.0. The van der Waals surface area contributed by atoms with Crippen LogP contribution in [0.1, 0.15) is 6.42 Å². The summed E-state index contributed by atoms with van der Waals surface area (Å²) in [7, 11) is 0. The van der Waals surface area contributed by atoms with Gasteiger partial charge in [-0.3, -0.25) is 14.8 Å². The third-order valence-corrected chi connectivity index (χ3v) is 2.01. The second-order valence-corrected chi connectivity index (χ2v) is 2.87. The Morgan fingerprint density at radius 2 is 2.23 bits per heavy atom. The molecule has 1 saturated heterocycles. The largest absolute Gasteiger partial charge is 0.480 e. The number of hydrogen-bond donors (Lipinski definition) is 4. The number of aliphatic hydroxyl groups is 1. The van der Waals surface area contributed by atoms with Crippen LogP contribution in [0.25, 0.3) is 0 Å². The molecule has 0 radical (unpaired) electrons. The number of carboxylic acid groups (broad SMARTS) is 1. The minimum atomic E-state index is -1.39. The number of hydroxylamine groups is 2. The summed E-state index contributed by atoms with van der Waals surface area (Å²) < 4.78 is 0. The van der Waals surface area contributed by atoms with E-state index in [-0.39, 0.29) is 11.5 Å². The van der Waals surface area contributed by atoms with Gasteiger partial charge in [0, 0.05) is 6.42 Å². The lowest BCUT2D eigenvalue weighted by Gasteiger charge is -2.12. The summed E-state index contributed by atoms with van der Waals surface area (Å²) in [4.78, 5) is 21.4. The number of amides is 1. The zero-order chi connectivity index (χ0) is 10.2. The van der Waals surface area contributed by atoms with Crippen molar-refractivity contribution in [3.63, 3.8) is 0 Å². The number of nitrogens with two attached hydrogens (primary N) is 1. The van der Waals surface area contributed by atoms with Gasteiger partial charge in [-0.05, 0) is 0 Å². The van der Waals surface area contributed by atoms with Crippen LogP contribution in [-0.4, -0.2) is 44.6 Å². The number of carboxylic acids is 1. The predicted molar refractivity (Wildman–Crippen MR) is 38.4 cm³/mol. The predicted octanol–water partition coefficient (Wildman–Crippen LogP) is -2.05. The van der Waals surface area contributed by atoms with Crippen LogP contribution in [0.4, 0.5) is 0 Å². The topological polar surface area (TPSA) is 124 Å². The van der Waals surface area contributed by atoms with Crippen LogP contribution in [-0.2, 0) is 9.59 Å². The van der Waals surface area contributed by atoms with Crippen molar-refractivity contribution in [3.8, 4) is 0 Å². The standard InChI is InChI=1S/C6H10N2O5/c7-4(6(11)12)2-1-3(9)8(13)5(2)10/h2-4,9,13H,1,7H2,(H,11,12). The molecule has 0 bridgehead atoms. The highest BCUT2D eigenvalue weighted by atomic mass is 16.5. The molecule has 0 aromatic heterocycles. The summed E-state index contributed by atoms with van der Waals surface area (Å²) in [6.07, 6.45) is -1.52. The third-order valence-electron chi connectivity index (χ3n) is 2.01. The van der Waals surface area contributed by atoms with Gasteiger partial charge in [-0.1, -0.05) is 0 Å². The third kappa shape index (κ3) is 1.62. The highest BCUT2D eigenvalue weighted by Crippen LogP contribution is 2.23. The lowest BCUT2D eigenvalue weighted by atomic mass is 9.99. The van der Waals surface area contributed by atoms with E-state index in [0.717, 1.165) is 0 Å². The fourth-order valence-corrected chi connectivity index (χ4v) is 1.22. The van der Waals surface area contributed by atoms with Gasteiger partial charge >= 0.3 is 5.97 Å². The molecule has 74 valence electrons. The molecule has 7 nitrogen and oxygen atoms in total. The fraction of sp³-hybridized carbons (Fsp3) is 0.667. The summed E-state index contributed by atoms with van der Waals surface area (Å²) in [5.74, 6) is -3.25. The van der Waals surface area contributed by atoms with E-state index in [4.69, 9.17) is 21.2 Å². The first-order valence-electron chi connectivity index (χ1n) is 3.63. The molecular weight excluding hydrogens is 180 g/mol. The van der Waals surface area contributed by atoms with Gasteiger partial charge in [-0.15, -0.1) is 0 Å². The molecule has 1 aliphatic rings. The van der Waals surface area contributed by atoms with E-state index < -0.39 is 30.1 Å². The number of nitrogens with zero attached hydrogens (tertiary/aromatic N) is 1. The second-order valence-electron chi connectivity index (χ2n) is 2.87. The van der Waals surface area contributed by atoms with Crippen LogP contribution < -0.4 is 5.73 Å².